The minimum Gasteiger partial charge on any atom is -0.366 e. The van der Waals surface area contributed by atoms with Crippen molar-refractivity contribution in [3.05, 3.63) is 29.1 Å². The molecule has 0 spiro atoms. The first kappa shape index (κ1) is 11.3. The second-order valence-electron chi connectivity index (χ2n) is 4.16. The minimum absolute atomic E-state index is 0.267. The highest BCUT2D eigenvalue weighted by Crippen LogP contribution is 2.29. The van der Waals surface area contributed by atoms with Crippen molar-refractivity contribution in [2.45, 2.75) is 32.2 Å². The van der Waals surface area contributed by atoms with Gasteiger partial charge in [-0.2, -0.15) is 0 Å². The summed E-state index contributed by atoms with van der Waals surface area (Å²) in [6, 6.07) is 2.35. The van der Waals surface area contributed by atoms with Crippen LogP contribution in [-0.2, 0) is 6.42 Å². The second kappa shape index (κ2) is 4.78. The lowest BCUT2D eigenvalue weighted by Crippen LogP contribution is -2.37. The third-order valence-corrected chi connectivity index (χ3v) is 3.43. The van der Waals surface area contributed by atoms with Gasteiger partial charge in [0, 0.05) is 13.2 Å². The van der Waals surface area contributed by atoms with E-state index in [1.165, 1.54) is 23.2 Å². The molecule has 1 aliphatic rings. The van der Waals surface area contributed by atoms with Crippen LogP contribution in [0, 0.1) is 6.92 Å². The van der Waals surface area contributed by atoms with Crippen LogP contribution in [0.3, 0.4) is 0 Å². The quantitative estimate of drug-likeness (QED) is 0.729. The smallest absolute Gasteiger partial charge is 0.166 e. The summed E-state index contributed by atoms with van der Waals surface area (Å²) in [5.74, 6) is 0. The number of hydrogen-bond donors (Lipinski definition) is 2. The van der Waals surface area contributed by atoms with Crippen LogP contribution in [0.1, 0.15) is 35.7 Å². The van der Waals surface area contributed by atoms with E-state index < -0.39 is 0 Å². The lowest BCUT2D eigenvalue weighted by atomic mass is 9.89. The van der Waals surface area contributed by atoms with E-state index in [9.17, 15) is 0 Å². The van der Waals surface area contributed by atoms with E-state index in [0.29, 0.717) is 5.11 Å². The van der Waals surface area contributed by atoms with Gasteiger partial charge in [0.1, 0.15) is 0 Å². The molecule has 1 atom stereocenters. The first-order chi connectivity index (χ1) is 7.72. The third-order valence-electron chi connectivity index (χ3n) is 3.11. The number of pyridine rings is 1. The molecule has 3 nitrogen and oxygen atoms in total. The Kier molecular flexibility index (Phi) is 3.39. The van der Waals surface area contributed by atoms with Crippen molar-refractivity contribution in [3.8, 4) is 0 Å². The number of aromatic nitrogens is 1. The topological polar surface area (TPSA) is 37.0 Å². The van der Waals surface area contributed by atoms with Crippen molar-refractivity contribution in [3.63, 3.8) is 0 Å². The van der Waals surface area contributed by atoms with Gasteiger partial charge in [0.05, 0.1) is 11.7 Å². The van der Waals surface area contributed by atoms with Crippen LogP contribution >= 0.6 is 12.2 Å². The van der Waals surface area contributed by atoms with E-state index in [0.717, 1.165) is 12.8 Å². The molecule has 86 valence electrons. The average molecular weight is 235 g/mol. The van der Waals surface area contributed by atoms with E-state index in [4.69, 9.17) is 12.2 Å². The highest BCUT2D eigenvalue weighted by molar-refractivity contribution is 7.80. The van der Waals surface area contributed by atoms with Gasteiger partial charge >= 0.3 is 0 Å². The molecule has 2 rings (SSSR count). The van der Waals surface area contributed by atoms with Crippen LogP contribution in [0.15, 0.2) is 12.3 Å². The van der Waals surface area contributed by atoms with Gasteiger partial charge in [-0.05, 0) is 55.6 Å². The maximum atomic E-state index is 5.15. The third kappa shape index (κ3) is 2.16. The predicted molar refractivity (Wildman–Crippen MR) is 69.4 cm³/mol. The number of fused-ring (bicyclic) bond motifs is 1. The van der Waals surface area contributed by atoms with Crippen LogP contribution in [0.2, 0.25) is 0 Å². The standard InChI is InChI=1S/C12H17N3S/c1-8-6-7-14-11-9(8)4-3-5-10(11)15-12(16)13-2/h6-7,10H,3-5H2,1-2H3,(H2,13,15,16). The number of rotatable bonds is 1. The zero-order valence-corrected chi connectivity index (χ0v) is 10.5. The molecule has 0 radical (unpaired) electrons. The van der Waals surface area contributed by atoms with Gasteiger partial charge in [-0.3, -0.25) is 4.98 Å². The highest BCUT2D eigenvalue weighted by Gasteiger charge is 2.22. The monoisotopic (exact) mass is 235 g/mol. The molecule has 1 unspecified atom stereocenters. The van der Waals surface area contributed by atoms with E-state index in [1.54, 1.807) is 0 Å². The first-order valence-corrected chi connectivity index (χ1v) is 6.06. The molecular weight excluding hydrogens is 218 g/mol. The summed E-state index contributed by atoms with van der Waals surface area (Å²) in [6.45, 7) is 2.15. The molecule has 0 aliphatic heterocycles. The molecule has 1 aromatic heterocycles. The Morgan fingerprint density at radius 3 is 3.12 bits per heavy atom. The highest BCUT2D eigenvalue weighted by atomic mass is 32.1. The molecule has 4 heteroatoms. The Morgan fingerprint density at radius 1 is 1.56 bits per heavy atom. The van der Waals surface area contributed by atoms with Gasteiger partial charge < -0.3 is 10.6 Å². The van der Waals surface area contributed by atoms with Gasteiger partial charge in [0.25, 0.3) is 0 Å². The molecule has 1 aromatic rings. The maximum Gasteiger partial charge on any atom is 0.166 e. The number of aryl methyl sites for hydroxylation is 1. The van der Waals surface area contributed by atoms with Crippen molar-refractivity contribution in [1.29, 1.82) is 0 Å². The molecule has 2 N–H and O–H groups in total. The lowest BCUT2D eigenvalue weighted by molar-refractivity contribution is 0.509. The maximum absolute atomic E-state index is 5.15. The van der Waals surface area contributed by atoms with Crippen molar-refractivity contribution in [2.75, 3.05) is 7.05 Å². The normalized spacial score (nSPS) is 18.8. The van der Waals surface area contributed by atoms with E-state index in [1.807, 2.05) is 13.2 Å². The van der Waals surface area contributed by atoms with Crippen molar-refractivity contribution in [1.82, 2.24) is 15.6 Å². The summed E-state index contributed by atoms with van der Waals surface area (Å²) in [7, 11) is 1.84. The van der Waals surface area contributed by atoms with Crippen molar-refractivity contribution in [2.24, 2.45) is 0 Å². The molecular formula is C12H17N3S. The van der Waals surface area contributed by atoms with Crippen LogP contribution in [0.5, 0.6) is 0 Å². The molecule has 1 aliphatic carbocycles. The zero-order valence-electron chi connectivity index (χ0n) is 9.71. The molecule has 0 saturated carbocycles. The fraction of sp³-hybridized carbons (Fsp3) is 0.500. The molecule has 0 fully saturated rings. The summed E-state index contributed by atoms with van der Waals surface area (Å²) in [5, 5.41) is 6.96. The van der Waals surface area contributed by atoms with Crippen LogP contribution in [0.4, 0.5) is 0 Å². The Hall–Kier alpha value is -1.16. The average Bonchev–Trinajstić information content (AvgIpc) is 2.30. The summed E-state index contributed by atoms with van der Waals surface area (Å²) in [6.07, 6.45) is 5.32. The molecule has 16 heavy (non-hydrogen) atoms. The number of thiocarbonyl (C=S) groups is 1. The second-order valence-corrected chi connectivity index (χ2v) is 4.57. The Morgan fingerprint density at radius 2 is 2.38 bits per heavy atom. The Labute approximate surface area is 102 Å². The number of nitrogens with zero attached hydrogens (tertiary/aromatic N) is 1. The lowest BCUT2D eigenvalue weighted by Gasteiger charge is -2.27. The molecule has 0 bridgehead atoms. The first-order valence-electron chi connectivity index (χ1n) is 5.65. The molecule has 0 amide bonds. The molecule has 1 heterocycles. The minimum atomic E-state index is 0.267. The van der Waals surface area contributed by atoms with Gasteiger partial charge in [-0.15, -0.1) is 0 Å². The van der Waals surface area contributed by atoms with Crippen LogP contribution < -0.4 is 10.6 Å². The number of nitrogens with one attached hydrogen (secondary N) is 2. The predicted octanol–water partition coefficient (Wildman–Crippen LogP) is 1.86. The summed E-state index contributed by atoms with van der Waals surface area (Å²) in [5.41, 5.74) is 3.90. The van der Waals surface area contributed by atoms with Crippen molar-refractivity contribution >= 4 is 17.3 Å². The van der Waals surface area contributed by atoms with Gasteiger partial charge in [-0.25, -0.2) is 0 Å². The van der Waals surface area contributed by atoms with Crippen LogP contribution in [-0.4, -0.2) is 17.1 Å². The fourth-order valence-corrected chi connectivity index (χ4v) is 2.37. The van der Waals surface area contributed by atoms with E-state index in [-0.39, 0.29) is 6.04 Å². The Balaban J connectivity index is 2.26. The fourth-order valence-electron chi connectivity index (χ4n) is 2.23. The van der Waals surface area contributed by atoms with Gasteiger partial charge in [-0.1, -0.05) is 0 Å². The largest absolute Gasteiger partial charge is 0.366 e. The molecule has 0 saturated heterocycles. The SMILES string of the molecule is CNC(=S)NC1CCCc2c(C)ccnc21. The Bertz CT molecular complexity index is 403. The van der Waals surface area contributed by atoms with Crippen LogP contribution in [0.25, 0.3) is 0 Å². The summed E-state index contributed by atoms with van der Waals surface area (Å²) >= 11 is 5.15. The zero-order chi connectivity index (χ0) is 11.5. The van der Waals surface area contributed by atoms with Crippen molar-refractivity contribution < 1.29 is 0 Å². The number of hydrogen-bond acceptors (Lipinski definition) is 2. The van der Waals surface area contributed by atoms with Gasteiger partial charge in [0.2, 0.25) is 0 Å². The van der Waals surface area contributed by atoms with E-state index in [2.05, 4.69) is 28.6 Å². The van der Waals surface area contributed by atoms with Gasteiger partial charge in [0.15, 0.2) is 5.11 Å². The summed E-state index contributed by atoms with van der Waals surface area (Å²) in [4.78, 5) is 4.50. The summed E-state index contributed by atoms with van der Waals surface area (Å²) < 4.78 is 0. The van der Waals surface area contributed by atoms with E-state index >= 15 is 0 Å². The molecule has 0 aromatic carbocycles.